The largest absolute Gasteiger partial charge is 0.326 e. The summed E-state index contributed by atoms with van der Waals surface area (Å²) in [5.41, 5.74) is 2.37. The minimum Gasteiger partial charge on any atom is -0.272 e. The Morgan fingerprint density at radius 1 is 0.950 bits per heavy atom. The van der Waals surface area contributed by atoms with Crippen LogP contribution in [0.25, 0.3) is 11.1 Å². The molecular weight excluding hydrogens is 276 g/mol. The standard InChI is InChI=1S/C14H12N2O3S/c17-14-10-16(20(18,19)15-14)13-8-4-7-12(9-13)11-5-2-1-3-6-11/h1-9H,10H2,(H,15,17). The fraction of sp³-hybridized carbons (Fsp3) is 0.0714. The fourth-order valence-electron chi connectivity index (χ4n) is 2.15. The summed E-state index contributed by atoms with van der Waals surface area (Å²) in [6.07, 6.45) is 0. The highest BCUT2D eigenvalue weighted by molar-refractivity contribution is 7.92. The van der Waals surface area contributed by atoms with Gasteiger partial charge in [0.2, 0.25) is 0 Å². The molecule has 20 heavy (non-hydrogen) atoms. The van der Waals surface area contributed by atoms with Crippen molar-refractivity contribution in [3.05, 3.63) is 54.6 Å². The summed E-state index contributed by atoms with van der Waals surface area (Å²) < 4.78 is 26.7. The van der Waals surface area contributed by atoms with Crippen molar-refractivity contribution in [2.24, 2.45) is 0 Å². The number of amides is 1. The summed E-state index contributed by atoms with van der Waals surface area (Å²) in [6, 6.07) is 16.7. The van der Waals surface area contributed by atoms with Gasteiger partial charge in [-0.25, -0.2) is 9.03 Å². The summed E-state index contributed by atoms with van der Waals surface area (Å²) in [6.45, 7) is -0.180. The fourth-order valence-corrected chi connectivity index (χ4v) is 3.29. The van der Waals surface area contributed by atoms with Gasteiger partial charge in [-0.05, 0) is 23.3 Å². The predicted molar refractivity (Wildman–Crippen MR) is 76.3 cm³/mol. The first-order valence-electron chi connectivity index (χ1n) is 6.05. The Morgan fingerprint density at radius 2 is 1.65 bits per heavy atom. The first kappa shape index (κ1) is 12.7. The van der Waals surface area contributed by atoms with Gasteiger partial charge in [0.1, 0.15) is 6.54 Å². The van der Waals surface area contributed by atoms with Crippen molar-refractivity contribution in [2.45, 2.75) is 0 Å². The highest BCUT2D eigenvalue weighted by atomic mass is 32.2. The van der Waals surface area contributed by atoms with Crippen LogP contribution in [0.4, 0.5) is 5.69 Å². The molecule has 0 aliphatic carbocycles. The van der Waals surface area contributed by atoms with Gasteiger partial charge in [-0.15, -0.1) is 0 Å². The molecule has 0 unspecified atom stereocenters. The van der Waals surface area contributed by atoms with Crippen molar-refractivity contribution < 1.29 is 13.2 Å². The molecule has 0 aromatic heterocycles. The van der Waals surface area contributed by atoms with Crippen LogP contribution in [0.15, 0.2) is 54.6 Å². The second-order valence-electron chi connectivity index (χ2n) is 4.45. The monoisotopic (exact) mass is 288 g/mol. The molecule has 0 bridgehead atoms. The maximum Gasteiger partial charge on any atom is 0.326 e. The van der Waals surface area contributed by atoms with E-state index in [4.69, 9.17) is 0 Å². The van der Waals surface area contributed by atoms with E-state index in [2.05, 4.69) is 0 Å². The number of carbonyl (C=O) groups is 1. The lowest BCUT2D eigenvalue weighted by Crippen LogP contribution is -2.29. The molecule has 1 N–H and O–H groups in total. The van der Waals surface area contributed by atoms with Gasteiger partial charge >= 0.3 is 10.2 Å². The molecule has 0 saturated carbocycles. The van der Waals surface area contributed by atoms with Gasteiger partial charge in [-0.1, -0.05) is 42.5 Å². The Morgan fingerprint density at radius 3 is 2.30 bits per heavy atom. The Labute approximate surface area is 117 Å². The average molecular weight is 288 g/mol. The lowest BCUT2D eigenvalue weighted by molar-refractivity contribution is -0.117. The van der Waals surface area contributed by atoms with E-state index in [0.717, 1.165) is 15.4 Å². The molecule has 1 saturated heterocycles. The lowest BCUT2D eigenvalue weighted by Gasteiger charge is -2.15. The van der Waals surface area contributed by atoms with Gasteiger partial charge in [0.15, 0.2) is 0 Å². The van der Waals surface area contributed by atoms with E-state index >= 15 is 0 Å². The third kappa shape index (κ3) is 2.25. The zero-order valence-electron chi connectivity index (χ0n) is 10.5. The van der Waals surface area contributed by atoms with E-state index < -0.39 is 16.1 Å². The normalized spacial score (nSPS) is 17.0. The molecule has 1 aliphatic heterocycles. The third-order valence-electron chi connectivity index (χ3n) is 3.06. The first-order chi connectivity index (χ1) is 9.56. The number of benzene rings is 2. The maximum atomic E-state index is 11.8. The highest BCUT2D eigenvalue weighted by Gasteiger charge is 2.33. The summed E-state index contributed by atoms with van der Waals surface area (Å²) in [7, 11) is -3.75. The number of hydrogen-bond acceptors (Lipinski definition) is 3. The molecule has 0 atom stereocenters. The van der Waals surface area contributed by atoms with Crippen molar-refractivity contribution in [3.63, 3.8) is 0 Å². The lowest BCUT2D eigenvalue weighted by atomic mass is 10.1. The smallest absolute Gasteiger partial charge is 0.272 e. The Bertz CT molecular complexity index is 757. The zero-order chi connectivity index (χ0) is 14.2. The Kier molecular flexibility index (Phi) is 2.94. The van der Waals surface area contributed by atoms with Crippen LogP contribution in [-0.2, 0) is 15.0 Å². The SMILES string of the molecule is O=C1CN(c2cccc(-c3ccccc3)c2)S(=O)(=O)N1. The van der Waals surface area contributed by atoms with Crippen molar-refractivity contribution in [2.75, 3.05) is 10.8 Å². The van der Waals surface area contributed by atoms with Crippen LogP contribution in [0, 0.1) is 0 Å². The number of anilines is 1. The molecule has 3 rings (SSSR count). The van der Waals surface area contributed by atoms with Crippen LogP contribution in [0.2, 0.25) is 0 Å². The van der Waals surface area contributed by atoms with Gasteiger partial charge in [0.25, 0.3) is 5.91 Å². The van der Waals surface area contributed by atoms with Crippen molar-refractivity contribution in [1.82, 2.24) is 4.72 Å². The van der Waals surface area contributed by atoms with Crippen LogP contribution in [0.3, 0.4) is 0 Å². The van der Waals surface area contributed by atoms with Gasteiger partial charge < -0.3 is 0 Å². The molecule has 102 valence electrons. The predicted octanol–water partition coefficient (Wildman–Crippen LogP) is 1.53. The van der Waals surface area contributed by atoms with Crippen molar-refractivity contribution in [3.8, 4) is 11.1 Å². The van der Waals surface area contributed by atoms with Crippen molar-refractivity contribution in [1.29, 1.82) is 0 Å². The van der Waals surface area contributed by atoms with Gasteiger partial charge in [-0.2, -0.15) is 8.42 Å². The molecular formula is C14H12N2O3S. The van der Waals surface area contributed by atoms with Crippen LogP contribution in [0.5, 0.6) is 0 Å². The summed E-state index contributed by atoms with van der Waals surface area (Å²) >= 11 is 0. The highest BCUT2D eigenvalue weighted by Crippen LogP contribution is 2.26. The van der Waals surface area contributed by atoms with E-state index in [-0.39, 0.29) is 6.54 Å². The zero-order valence-corrected chi connectivity index (χ0v) is 11.3. The van der Waals surface area contributed by atoms with Crippen LogP contribution >= 0.6 is 0 Å². The second-order valence-corrected chi connectivity index (χ2v) is 6.05. The summed E-state index contributed by atoms with van der Waals surface area (Å²) in [4.78, 5) is 11.3. The van der Waals surface area contributed by atoms with Crippen LogP contribution < -0.4 is 9.03 Å². The summed E-state index contributed by atoms with van der Waals surface area (Å²) in [5.74, 6) is -0.518. The molecule has 5 nitrogen and oxygen atoms in total. The van der Waals surface area contributed by atoms with E-state index in [0.29, 0.717) is 5.69 Å². The van der Waals surface area contributed by atoms with Gasteiger partial charge in [0, 0.05) is 0 Å². The molecule has 6 heteroatoms. The number of nitrogens with one attached hydrogen (secondary N) is 1. The molecule has 1 amide bonds. The first-order valence-corrected chi connectivity index (χ1v) is 7.49. The molecule has 2 aromatic carbocycles. The summed E-state index contributed by atoms with van der Waals surface area (Å²) in [5, 5.41) is 0. The minimum absolute atomic E-state index is 0.180. The molecule has 1 fully saturated rings. The molecule has 2 aromatic rings. The third-order valence-corrected chi connectivity index (χ3v) is 4.47. The Balaban J connectivity index is 2.03. The number of hydrogen-bond donors (Lipinski definition) is 1. The van der Waals surface area contributed by atoms with E-state index in [1.54, 1.807) is 18.2 Å². The maximum absolute atomic E-state index is 11.8. The minimum atomic E-state index is -3.75. The molecule has 1 heterocycles. The number of carbonyl (C=O) groups excluding carboxylic acids is 1. The number of rotatable bonds is 2. The van der Waals surface area contributed by atoms with Gasteiger partial charge in [0.05, 0.1) is 5.69 Å². The molecule has 1 aliphatic rings. The van der Waals surface area contributed by atoms with Crippen LogP contribution in [-0.4, -0.2) is 20.9 Å². The average Bonchev–Trinajstić information content (AvgIpc) is 2.73. The van der Waals surface area contributed by atoms with Crippen molar-refractivity contribution >= 4 is 21.8 Å². The molecule has 0 spiro atoms. The van der Waals surface area contributed by atoms with Crippen LogP contribution in [0.1, 0.15) is 0 Å². The van der Waals surface area contributed by atoms with E-state index in [9.17, 15) is 13.2 Å². The van der Waals surface area contributed by atoms with E-state index in [1.807, 2.05) is 41.1 Å². The number of nitrogens with zero attached hydrogens (tertiary/aromatic N) is 1. The quantitative estimate of drug-likeness (QED) is 0.911. The van der Waals surface area contributed by atoms with Gasteiger partial charge in [-0.3, -0.25) is 4.79 Å². The second kappa shape index (κ2) is 4.64. The molecule has 0 radical (unpaired) electrons. The van der Waals surface area contributed by atoms with E-state index in [1.165, 1.54) is 0 Å². The topological polar surface area (TPSA) is 66.5 Å². The Hall–Kier alpha value is -2.34.